The average Bonchev–Trinajstić information content (AvgIpc) is 2.72. The Hall–Kier alpha value is -2.81. The fourth-order valence-electron chi connectivity index (χ4n) is 3.69. The van der Waals surface area contributed by atoms with Crippen LogP contribution in [0.1, 0.15) is 0 Å². The average molecular weight is 419 g/mol. The maximum Gasteiger partial charge on any atom is 0.265 e. The van der Waals surface area contributed by atoms with Crippen LogP contribution >= 0.6 is 0 Å². The van der Waals surface area contributed by atoms with Crippen LogP contribution in [0, 0.1) is 5.82 Å². The summed E-state index contributed by atoms with van der Waals surface area (Å²) < 4.78 is 44.6. The molecule has 2 aromatic rings. The molecule has 1 atom stereocenters. The third kappa shape index (κ3) is 4.00. The van der Waals surface area contributed by atoms with Crippen LogP contribution in [0.4, 0.5) is 15.8 Å². The topological polar surface area (TPSA) is 70.2 Å². The first-order chi connectivity index (χ1) is 13.8. The largest absolute Gasteiger partial charge is 0.476 e. The van der Waals surface area contributed by atoms with Gasteiger partial charge < -0.3 is 14.5 Å². The number of halogens is 1. The van der Waals surface area contributed by atoms with Crippen LogP contribution in [-0.4, -0.2) is 64.3 Å². The summed E-state index contributed by atoms with van der Waals surface area (Å²) in [6.45, 7) is 2.13. The molecule has 4 rings (SSSR count). The van der Waals surface area contributed by atoms with Gasteiger partial charge in [-0.1, -0.05) is 12.1 Å². The predicted octanol–water partition coefficient (Wildman–Crippen LogP) is 1.70. The quantitative estimate of drug-likeness (QED) is 0.758. The molecule has 0 bridgehead atoms. The zero-order valence-corrected chi connectivity index (χ0v) is 16.8. The number of hydrogen-bond acceptors (Lipinski definition) is 5. The van der Waals surface area contributed by atoms with E-state index in [-0.39, 0.29) is 18.3 Å². The summed E-state index contributed by atoms with van der Waals surface area (Å²) in [6.07, 6.45) is 0.231. The Labute approximate surface area is 169 Å². The predicted molar refractivity (Wildman–Crippen MR) is 108 cm³/mol. The molecule has 2 heterocycles. The number of ether oxygens (including phenoxy) is 1. The molecule has 29 heavy (non-hydrogen) atoms. The molecular formula is C20H22FN3O4S. The zero-order chi connectivity index (χ0) is 20.6. The van der Waals surface area contributed by atoms with Gasteiger partial charge >= 0.3 is 0 Å². The van der Waals surface area contributed by atoms with E-state index in [1.54, 1.807) is 41.3 Å². The van der Waals surface area contributed by atoms with Crippen LogP contribution in [0.5, 0.6) is 5.75 Å². The van der Waals surface area contributed by atoms with Crippen LogP contribution in [0.3, 0.4) is 0 Å². The number of carbonyl (C=O) groups excluding carboxylic acids is 1. The van der Waals surface area contributed by atoms with Crippen LogP contribution < -0.4 is 13.9 Å². The van der Waals surface area contributed by atoms with Crippen molar-refractivity contribution in [3.05, 3.63) is 54.3 Å². The van der Waals surface area contributed by atoms with Crippen molar-refractivity contribution in [3.8, 4) is 5.75 Å². The second-order valence-electron chi connectivity index (χ2n) is 7.16. The monoisotopic (exact) mass is 419 g/mol. The number of amides is 1. The number of sulfonamides is 1. The van der Waals surface area contributed by atoms with E-state index in [1.165, 1.54) is 16.4 Å². The van der Waals surface area contributed by atoms with Gasteiger partial charge in [-0.2, -0.15) is 0 Å². The van der Waals surface area contributed by atoms with Gasteiger partial charge in [-0.05, 0) is 36.4 Å². The number of rotatable bonds is 3. The second kappa shape index (κ2) is 7.55. The zero-order valence-electron chi connectivity index (χ0n) is 16.0. The molecule has 0 aliphatic carbocycles. The highest BCUT2D eigenvalue weighted by Gasteiger charge is 2.37. The first-order valence-electron chi connectivity index (χ1n) is 9.35. The number of benzene rings is 2. The summed E-state index contributed by atoms with van der Waals surface area (Å²) in [5.74, 6) is -0.132. The highest BCUT2D eigenvalue weighted by Crippen LogP contribution is 2.35. The third-order valence-corrected chi connectivity index (χ3v) is 6.34. The van der Waals surface area contributed by atoms with Crippen molar-refractivity contribution in [2.75, 3.05) is 48.2 Å². The molecule has 0 saturated carbocycles. The Morgan fingerprint density at radius 3 is 2.34 bits per heavy atom. The van der Waals surface area contributed by atoms with E-state index in [0.717, 1.165) is 11.9 Å². The third-order valence-electron chi connectivity index (χ3n) is 5.19. The van der Waals surface area contributed by atoms with Crippen LogP contribution in [0.15, 0.2) is 48.5 Å². The second-order valence-corrected chi connectivity index (χ2v) is 9.06. The van der Waals surface area contributed by atoms with E-state index < -0.39 is 16.1 Å². The molecule has 1 fully saturated rings. The molecule has 0 unspecified atom stereocenters. The Morgan fingerprint density at radius 2 is 1.69 bits per heavy atom. The van der Waals surface area contributed by atoms with Crippen molar-refractivity contribution in [2.45, 2.75) is 6.10 Å². The number of para-hydroxylation sites is 2. The van der Waals surface area contributed by atoms with Gasteiger partial charge in [0.15, 0.2) is 6.10 Å². The SMILES string of the molecule is CS(=O)(=O)N1C[C@H](C(=O)N2CCN(c3ccc(F)cc3)CC2)Oc2ccccc21. The molecule has 0 N–H and O–H groups in total. The van der Waals surface area contributed by atoms with Crippen molar-refractivity contribution in [1.29, 1.82) is 0 Å². The number of carbonyl (C=O) groups is 1. The van der Waals surface area contributed by atoms with E-state index in [2.05, 4.69) is 4.90 Å². The Kier molecular flexibility index (Phi) is 5.08. The lowest BCUT2D eigenvalue weighted by Gasteiger charge is -2.40. The van der Waals surface area contributed by atoms with Crippen LogP contribution in [0.25, 0.3) is 0 Å². The standard InChI is InChI=1S/C20H22FN3O4S/c1-29(26,27)24-14-19(28-18-5-3-2-4-17(18)24)20(25)23-12-10-22(11-13-23)16-8-6-15(21)7-9-16/h2-9,19H,10-14H2,1H3/t19-/m1/s1. The summed E-state index contributed by atoms with van der Waals surface area (Å²) in [4.78, 5) is 16.8. The molecule has 0 radical (unpaired) electrons. The minimum Gasteiger partial charge on any atom is -0.476 e. The first kappa shape index (κ1) is 19.5. The highest BCUT2D eigenvalue weighted by atomic mass is 32.2. The molecule has 1 amide bonds. The number of piperazine rings is 1. The Balaban J connectivity index is 1.46. The van der Waals surface area contributed by atoms with Gasteiger partial charge in [-0.15, -0.1) is 0 Å². The smallest absolute Gasteiger partial charge is 0.265 e. The minimum absolute atomic E-state index is 0.0488. The molecular weight excluding hydrogens is 397 g/mol. The molecule has 7 nitrogen and oxygen atoms in total. The van der Waals surface area contributed by atoms with Crippen molar-refractivity contribution in [2.24, 2.45) is 0 Å². The van der Waals surface area contributed by atoms with E-state index >= 15 is 0 Å². The lowest BCUT2D eigenvalue weighted by molar-refractivity contribution is -0.138. The summed E-state index contributed by atoms with van der Waals surface area (Å²) in [5.41, 5.74) is 1.35. The normalized spacial score (nSPS) is 19.5. The molecule has 0 aromatic heterocycles. The molecule has 154 valence electrons. The molecule has 0 spiro atoms. The van der Waals surface area contributed by atoms with Gasteiger partial charge in [0.2, 0.25) is 10.0 Å². The van der Waals surface area contributed by atoms with Gasteiger partial charge in [-0.3, -0.25) is 9.10 Å². The van der Waals surface area contributed by atoms with Gasteiger partial charge in [0.05, 0.1) is 18.5 Å². The number of anilines is 2. The van der Waals surface area contributed by atoms with E-state index in [4.69, 9.17) is 4.74 Å². The fraction of sp³-hybridized carbons (Fsp3) is 0.350. The summed E-state index contributed by atoms with van der Waals surface area (Å²) in [6, 6.07) is 13.1. The van der Waals surface area contributed by atoms with Gasteiger partial charge in [0.25, 0.3) is 5.91 Å². The van der Waals surface area contributed by atoms with Crippen LogP contribution in [0.2, 0.25) is 0 Å². The first-order valence-corrected chi connectivity index (χ1v) is 11.2. The lowest BCUT2D eigenvalue weighted by Crippen LogP contribution is -2.56. The fourth-order valence-corrected chi connectivity index (χ4v) is 4.60. The van der Waals surface area contributed by atoms with Crippen LogP contribution in [-0.2, 0) is 14.8 Å². The van der Waals surface area contributed by atoms with Gasteiger partial charge in [0.1, 0.15) is 11.6 Å². The molecule has 2 aromatic carbocycles. The molecule has 2 aliphatic rings. The summed E-state index contributed by atoms with van der Waals surface area (Å²) in [7, 11) is -3.54. The molecule has 9 heteroatoms. The number of fused-ring (bicyclic) bond motifs is 1. The number of nitrogens with zero attached hydrogens (tertiary/aromatic N) is 3. The molecule has 1 saturated heterocycles. The minimum atomic E-state index is -3.54. The summed E-state index contributed by atoms with van der Waals surface area (Å²) in [5, 5.41) is 0. The van der Waals surface area contributed by atoms with Gasteiger partial charge in [-0.25, -0.2) is 12.8 Å². The van der Waals surface area contributed by atoms with Crippen molar-refractivity contribution >= 4 is 27.3 Å². The van der Waals surface area contributed by atoms with Crippen molar-refractivity contribution in [1.82, 2.24) is 4.90 Å². The number of hydrogen-bond donors (Lipinski definition) is 0. The van der Waals surface area contributed by atoms with Crippen molar-refractivity contribution in [3.63, 3.8) is 0 Å². The van der Waals surface area contributed by atoms with Crippen molar-refractivity contribution < 1.29 is 22.3 Å². The highest BCUT2D eigenvalue weighted by molar-refractivity contribution is 7.92. The Bertz CT molecular complexity index is 1000. The van der Waals surface area contributed by atoms with E-state index in [1.807, 2.05) is 0 Å². The van der Waals surface area contributed by atoms with E-state index in [0.29, 0.717) is 37.6 Å². The Morgan fingerprint density at radius 1 is 1.03 bits per heavy atom. The van der Waals surface area contributed by atoms with E-state index in [9.17, 15) is 17.6 Å². The maximum absolute atomic E-state index is 13.1. The maximum atomic E-state index is 13.1. The molecule has 2 aliphatic heterocycles. The van der Waals surface area contributed by atoms with Gasteiger partial charge in [0, 0.05) is 31.9 Å². The lowest BCUT2D eigenvalue weighted by atomic mass is 10.2. The summed E-state index contributed by atoms with van der Waals surface area (Å²) >= 11 is 0.